The van der Waals surface area contributed by atoms with Crippen molar-refractivity contribution in [3.63, 3.8) is 0 Å². The highest BCUT2D eigenvalue weighted by Crippen LogP contribution is 2.33. The van der Waals surface area contributed by atoms with Crippen LogP contribution in [0.1, 0.15) is 26.3 Å². The molecule has 5 nitrogen and oxygen atoms in total. The van der Waals surface area contributed by atoms with E-state index in [0.717, 1.165) is 18.2 Å². The second-order valence-corrected chi connectivity index (χ2v) is 5.95. The summed E-state index contributed by atoms with van der Waals surface area (Å²) in [5.74, 6) is -0.710. The lowest BCUT2D eigenvalue weighted by Gasteiger charge is -2.23. The van der Waals surface area contributed by atoms with Crippen molar-refractivity contribution >= 4 is 29.1 Å². The van der Waals surface area contributed by atoms with Gasteiger partial charge in [0.05, 0.1) is 22.8 Å². The molecule has 0 saturated carbocycles. The number of benzene rings is 1. The molecule has 0 heterocycles. The van der Waals surface area contributed by atoms with Crippen molar-refractivity contribution in [3.8, 4) is 0 Å². The first kappa shape index (κ1) is 21.2. The van der Waals surface area contributed by atoms with Crippen molar-refractivity contribution in [1.29, 1.82) is 0 Å². The Kier molecular flexibility index (Phi) is 7.69. The minimum absolute atomic E-state index is 0.00956. The molecule has 2 amide bonds. The van der Waals surface area contributed by atoms with Crippen LogP contribution in [-0.2, 0) is 15.8 Å². The normalized spacial score (nSPS) is 13.9. The number of carbonyl (C=O) groups is 2. The van der Waals surface area contributed by atoms with Crippen molar-refractivity contribution in [3.05, 3.63) is 28.8 Å². The van der Waals surface area contributed by atoms with Gasteiger partial charge in [0, 0.05) is 6.54 Å². The van der Waals surface area contributed by atoms with Crippen LogP contribution in [0.25, 0.3) is 0 Å². The molecule has 0 saturated heterocycles. The number of hydrogen-bond acceptors (Lipinski definition) is 2. The number of likely N-dealkylation sites (N-methyl/N-ethyl adjacent to an activating group) is 2. The Morgan fingerprint density at radius 3 is 2.44 bits per heavy atom. The largest absolute Gasteiger partial charge is 0.416 e. The number of rotatable bonds is 7. The van der Waals surface area contributed by atoms with Crippen molar-refractivity contribution in [2.45, 2.75) is 33.0 Å². The smallest absolute Gasteiger partial charge is 0.351 e. The summed E-state index contributed by atoms with van der Waals surface area (Å²) < 4.78 is 38.4. The van der Waals surface area contributed by atoms with E-state index in [1.165, 1.54) is 0 Å². The molecule has 3 N–H and O–H groups in total. The summed E-state index contributed by atoms with van der Waals surface area (Å²) in [6, 6.07) is 2.09. The molecule has 25 heavy (non-hydrogen) atoms. The number of halogens is 4. The van der Waals surface area contributed by atoms with Gasteiger partial charge < -0.3 is 15.5 Å². The molecule has 0 aliphatic carbocycles. The number of anilines is 1. The van der Waals surface area contributed by atoms with Gasteiger partial charge >= 0.3 is 6.18 Å². The molecule has 0 spiro atoms. The van der Waals surface area contributed by atoms with Gasteiger partial charge in [-0.05, 0) is 39.0 Å². The van der Waals surface area contributed by atoms with E-state index >= 15 is 0 Å². The van der Waals surface area contributed by atoms with Crippen molar-refractivity contribution in [2.24, 2.45) is 0 Å². The second-order valence-electron chi connectivity index (χ2n) is 5.55. The Hall–Kier alpha value is -1.80. The van der Waals surface area contributed by atoms with Crippen molar-refractivity contribution in [2.75, 3.05) is 25.0 Å². The van der Waals surface area contributed by atoms with Crippen LogP contribution in [0.3, 0.4) is 0 Å². The van der Waals surface area contributed by atoms with Crippen LogP contribution in [0.5, 0.6) is 0 Å². The van der Waals surface area contributed by atoms with Crippen LogP contribution in [0.15, 0.2) is 18.2 Å². The SMILES string of the molecule is CCNC(=O)C[NH+](CC)[C@@H](C)C(=O)Nc1cc(C(F)(F)F)ccc1Cl. The molecule has 0 bridgehead atoms. The van der Waals surface area contributed by atoms with Crippen molar-refractivity contribution < 1.29 is 27.7 Å². The third kappa shape index (κ3) is 6.21. The van der Waals surface area contributed by atoms with Gasteiger partial charge in [0.1, 0.15) is 0 Å². The van der Waals surface area contributed by atoms with Gasteiger partial charge in [0.2, 0.25) is 0 Å². The fraction of sp³-hybridized carbons (Fsp3) is 0.500. The zero-order valence-corrected chi connectivity index (χ0v) is 15.0. The lowest BCUT2D eigenvalue weighted by molar-refractivity contribution is -0.904. The minimum atomic E-state index is -4.53. The van der Waals surface area contributed by atoms with Crippen LogP contribution in [-0.4, -0.2) is 37.5 Å². The molecular formula is C16H22ClF3N3O2+. The summed E-state index contributed by atoms with van der Waals surface area (Å²) in [6.07, 6.45) is -4.53. The van der Waals surface area contributed by atoms with Crippen LogP contribution < -0.4 is 15.5 Å². The zero-order valence-electron chi connectivity index (χ0n) is 14.3. The lowest BCUT2D eigenvalue weighted by atomic mass is 10.1. The summed E-state index contributed by atoms with van der Waals surface area (Å²) in [6.45, 7) is 6.29. The zero-order chi connectivity index (χ0) is 19.2. The molecule has 0 aliphatic heterocycles. The number of hydrogen-bond donors (Lipinski definition) is 3. The van der Waals surface area contributed by atoms with Crippen molar-refractivity contribution in [1.82, 2.24) is 5.32 Å². The standard InChI is InChI=1S/C16H21ClF3N3O2/c1-4-21-14(24)9-23(5-2)10(3)15(25)22-13-8-11(16(18,19)20)6-7-12(13)17/h6-8,10H,4-5,9H2,1-3H3,(H,21,24)(H,22,25)/p+1/t10-/m0/s1. The third-order valence-corrected chi connectivity index (χ3v) is 4.10. The maximum atomic E-state index is 12.8. The first-order valence-corrected chi connectivity index (χ1v) is 8.26. The Labute approximate surface area is 149 Å². The van der Waals surface area contributed by atoms with E-state index in [2.05, 4.69) is 10.6 Å². The molecular weight excluding hydrogens is 359 g/mol. The fourth-order valence-electron chi connectivity index (χ4n) is 2.27. The monoisotopic (exact) mass is 380 g/mol. The summed E-state index contributed by atoms with van der Waals surface area (Å²) >= 11 is 5.88. The molecule has 0 aromatic heterocycles. The number of quaternary nitrogens is 1. The summed E-state index contributed by atoms with van der Waals surface area (Å²) in [7, 11) is 0. The Morgan fingerprint density at radius 2 is 1.92 bits per heavy atom. The molecule has 0 fully saturated rings. The fourth-order valence-corrected chi connectivity index (χ4v) is 2.44. The number of alkyl halides is 3. The number of carbonyl (C=O) groups excluding carboxylic acids is 2. The van der Waals surface area contributed by atoms with Gasteiger partial charge in [0.15, 0.2) is 12.6 Å². The third-order valence-electron chi connectivity index (χ3n) is 3.77. The second kappa shape index (κ2) is 9.05. The average Bonchev–Trinajstić information content (AvgIpc) is 2.53. The van der Waals surface area contributed by atoms with E-state index in [1.54, 1.807) is 13.8 Å². The first-order chi connectivity index (χ1) is 11.6. The highest BCUT2D eigenvalue weighted by atomic mass is 35.5. The summed E-state index contributed by atoms with van der Waals surface area (Å²) in [5.41, 5.74) is -1.01. The molecule has 0 aliphatic rings. The molecule has 1 aromatic carbocycles. The van der Waals surface area contributed by atoms with Gasteiger partial charge in [0.25, 0.3) is 11.8 Å². The van der Waals surface area contributed by atoms with Crippen LogP contribution in [0.2, 0.25) is 5.02 Å². The predicted molar refractivity (Wildman–Crippen MR) is 89.6 cm³/mol. The molecule has 140 valence electrons. The molecule has 0 radical (unpaired) electrons. The van der Waals surface area contributed by atoms with Crippen LogP contribution >= 0.6 is 11.6 Å². The summed E-state index contributed by atoms with van der Waals surface area (Å²) in [5, 5.41) is 5.08. The van der Waals surface area contributed by atoms with E-state index < -0.39 is 23.7 Å². The van der Waals surface area contributed by atoms with E-state index in [9.17, 15) is 22.8 Å². The Morgan fingerprint density at radius 1 is 1.28 bits per heavy atom. The number of nitrogens with one attached hydrogen (secondary N) is 3. The van der Waals surface area contributed by atoms with Gasteiger partial charge in [-0.3, -0.25) is 9.59 Å². The molecule has 1 rings (SSSR count). The first-order valence-electron chi connectivity index (χ1n) is 7.89. The molecule has 1 unspecified atom stereocenters. The van der Waals surface area contributed by atoms with Gasteiger partial charge in [-0.2, -0.15) is 13.2 Å². The molecule has 2 atom stereocenters. The van der Waals surface area contributed by atoms with Gasteiger partial charge in [-0.1, -0.05) is 11.6 Å². The maximum Gasteiger partial charge on any atom is 0.416 e. The highest BCUT2D eigenvalue weighted by Gasteiger charge is 2.32. The molecule has 1 aromatic rings. The minimum Gasteiger partial charge on any atom is -0.351 e. The Bertz CT molecular complexity index is 623. The van der Waals surface area contributed by atoms with Crippen LogP contribution in [0, 0.1) is 0 Å². The van der Waals surface area contributed by atoms with E-state index in [-0.39, 0.29) is 23.2 Å². The number of amides is 2. The molecule has 9 heteroatoms. The van der Waals surface area contributed by atoms with Gasteiger partial charge in [-0.15, -0.1) is 0 Å². The van der Waals surface area contributed by atoms with E-state index in [0.29, 0.717) is 18.0 Å². The lowest BCUT2D eigenvalue weighted by Crippen LogP contribution is -3.17. The van der Waals surface area contributed by atoms with E-state index in [4.69, 9.17) is 11.6 Å². The highest BCUT2D eigenvalue weighted by molar-refractivity contribution is 6.33. The predicted octanol–water partition coefficient (Wildman–Crippen LogP) is 1.73. The summed E-state index contributed by atoms with van der Waals surface area (Å²) in [4.78, 5) is 24.7. The quantitative estimate of drug-likeness (QED) is 0.674. The maximum absolute atomic E-state index is 12.8. The van der Waals surface area contributed by atoms with Crippen LogP contribution in [0.4, 0.5) is 18.9 Å². The Balaban J connectivity index is 2.88. The topological polar surface area (TPSA) is 62.6 Å². The van der Waals surface area contributed by atoms with Gasteiger partial charge in [-0.25, -0.2) is 0 Å². The average molecular weight is 381 g/mol. The van der Waals surface area contributed by atoms with E-state index in [1.807, 2.05) is 6.92 Å².